The predicted molar refractivity (Wildman–Crippen MR) is 102 cm³/mol. The molecule has 0 radical (unpaired) electrons. The Bertz CT molecular complexity index is 710. The van der Waals surface area contributed by atoms with Gasteiger partial charge in [-0.05, 0) is 49.7 Å². The van der Waals surface area contributed by atoms with Crippen LogP contribution in [0, 0.1) is 5.92 Å². The normalized spacial score (nSPS) is 26.1. The fourth-order valence-corrected chi connectivity index (χ4v) is 3.85. The number of imide groups is 1. The molecule has 1 spiro atoms. The van der Waals surface area contributed by atoms with E-state index in [1.807, 2.05) is 24.3 Å². The lowest BCUT2D eigenvalue weighted by molar-refractivity contribution is -0.133. The molecule has 1 unspecified atom stereocenters. The molecule has 6 heteroatoms. The third kappa shape index (κ3) is 4.16. The Morgan fingerprint density at radius 1 is 1.37 bits per heavy atom. The minimum absolute atomic E-state index is 0.00918. The van der Waals surface area contributed by atoms with Gasteiger partial charge in [0.25, 0.3) is 5.91 Å². The van der Waals surface area contributed by atoms with E-state index in [2.05, 4.69) is 18.8 Å². The molecule has 1 saturated heterocycles. The van der Waals surface area contributed by atoms with E-state index in [0.717, 1.165) is 23.3 Å². The molecular formula is C21H28N2O4. The van der Waals surface area contributed by atoms with Crippen molar-refractivity contribution < 1.29 is 19.4 Å². The maximum absolute atomic E-state index is 12.8. The minimum atomic E-state index is -0.950. The first-order chi connectivity index (χ1) is 12.9. The molecule has 1 aliphatic carbocycles. The highest BCUT2D eigenvalue weighted by molar-refractivity contribution is 6.07. The molecule has 1 aromatic carbocycles. The van der Waals surface area contributed by atoms with Crippen molar-refractivity contribution in [2.24, 2.45) is 5.92 Å². The molecular weight excluding hydrogens is 344 g/mol. The second-order valence-corrected chi connectivity index (χ2v) is 7.68. The fraction of sp³-hybridized carbons (Fsp3) is 0.524. The van der Waals surface area contributed by atoms with Gasteiger partial charge in [-0.1, -0.05) is 31.2 Å². The lowest BCUT2D eigenvalue weighted by Crippen LogP contribution is -2.49. The lowest BCUT2D eigenvalue weighted by Gasteiger charge is -2.33. The second-order valence-electron chi connectivity index (χ2n) is 7.68. The number of β-amino-alcohol motifs (C(OH)–C–C–N with tert-alkyl or cyclic N) is 1. The van der Waals surface area contributed by atoms with Gasteiger partial charge in [-0.15, -0.1) is 6.58 Å². The van der Waals surface area contributed by atoms with Crippen LogP contribution in [0.1, 0.15) is 38.2 Å². The van der Waals surface area contributed by atoms with E-state index < -0.39 is 17.7 Å². The number of para-hydroxylation sites is 1. The topological polar surface area (TPSA) is 78.9 Å². The number of urea groups is 1. The van der Waals surface area contributed by atoms with Gasteiger partial charge < -0.3 is 15.2 Å². The number of rotatable bonds is 7. The highest BCUT2D eigenvalue weighted by atomic mass is 16.5. The number of amides is 3. The van der Waals surface area contributed by atoms with Crippen molar-refractivity contribution in [3.8, 4) is 5.75 Å². The van der Waals surface area contributed by atoms with Crippen LogP contribution in [0.4, 0.5) is 4.79 Å². The van der Waals surface area contributed by atoms with Crippen LogP contribution in [0.3, 0.4) is 0 Å². The Labute approximate surface area is 160 Å². The fourth-order valence-electron chi connectivity index (χ4n) is 3.85. The Kier molecular flexibility index (Phi) is 5.85. The van der Waals surface area contributed by atoms with Crippen LogP contribution in [-0.2, 0) is 11.2 Å². The van der Waals surface area contributed by atoms with E-state index in [-0.39, 0.29) is 19.1 Å². The summed E-state index contributed by atoms with van der Waals surface area (Å²) >= 11 is 0. The first-order valence-corrected chi connectivity index (χ1v) is 9.59. The van der Waals surface area contributed by atoms with Gasteiger partial charge in [0, 0.05) is 0 Å². The molecule has 0 aromatic heterocycles. The van der Waals surface area contributed by atoms with Crippen molar-refractivity contribution >= 4 is 11.9 Å². The zero-order chi connectivity index (χ0) is 19.4. The van der Waals surface area contributed by atoms with Gasteiger partial charge in [-0.2, -0.15) is 0 Å². The van der Waals surface area contributed by atoms with E-state index in [1.54, 1.807) is 6.08 Å². The molecule has 3 rings (SSSR count). The number of ether oxygens (including phenoxy) is 1. The Balaban J connectivity index is 1.58. The number of aliphatic hydroxyl groups is 1. The number of nitrogens with one attached hydrogen (secondary N) is 1. The number of allylic oxidation sites excluding steroid dienone is 1. The minimum Gasteiger partial charge on any atom is -0.491 e. The summed E-state index contributed by atoms with van der Waals surface area (Å²) < 4.78 is 5.72. The maximum Gasteiger partial charge on any atom is 0.325 e. The van der Waals surface area contributed by atoms with Gasteiger partial charge in [0.05, 0.1) is 6.54 Å². The van der Waals surface area contributed by atoms with Crippen LogP contribution < -0.4 is 10.1 Å². The molecule has 1 atom stereocenters. The third-order valence-electron chi connectivity index (χ3n) is 5.54. The van der Waals surface area contributed by atoms with E-state index in [9.17, 15) is 14.7 Å². The average molecular weight is 372 g/mol. The van der Waals surface area contributed by atoms with Gasteiger partial charge in [0.15, 0.2) is 0 Å². The molecule has 1 heterocycles. The number of benzene rings is 1. The Morgan fingerprint density at radius 3 is 2.78 bits per heavy atom. The SMILES string of the molecule is C=CCc1ccccc1OCC(O)CN1C(=O)NC2(CCC(C)CC2)C1=O. The summed E-state index contributed by atoms with van der Waals surface area (Å²) in [5.74, 6) is 1.03. The standard InChI is InChI=1S/C21H28N2O4/c1-3-6-16-7-4-5-8-18(16)27-14-17(24)13-23-19(25)21(22-20(23)26)11-9-15(2)10-12-21/h3-5,7-8,15,17,24H,1,6,9-14H2,2H3,(H,22,26). The molecule has 27 heavy (non-hydrogen) atoms. The first-order valence-electron chi connectivity index (χ1n) is 9.59. The van der Waals surface area contributed by atoms with Gasteiger partial charge in [-0.3, -0.25) is 9.69 Å². The zero-order valence-corrected chi connectivity index (χ0v) is 15.8. The summed E-state index contributed by atoms with van der Waals surface area (Å²) in [5, 5.41) is 13.2. The summed E-state index contributed by atoms with van der Waals surface area (Å²) in [4.78, 5) is 26.3. The van der Waals surface area contributed by atoms with Crippen molar-refractivity contribution in [1.29, 1.82) is 0 Å². The van der Waals surface area contributed by atoms with Crippen molar-refractivity contribution in [3.05, 3.63) is 42.5 Å². The summed E-state index contributed by atoms with van der Waals surface area (Å²) in [6.45, 7) is 5.84. The summed E-state index contributed by atoms with van der Waals surface area (Å²) in [6.07, 6.45) is 4.68. The molecule has 3 amide bonds. The second kappa shape index (κ2) is 8.13. The third-order valence-corrected chi connectivity index (χ3v) is 5.54. The number of nitrogens with zero attached hydrogens (tertiary/aromatic N) is 1. The Morgan fingerprint density at radius 2 is 2.07 bits per heavy atom. The quantitative estimate of drug-likeness (QED) is 0.570. The summed E-state index contributed by atoms with van der Waals surface area (Å²) in [5.41, 5.74) is 0.200. The molecule has 1 saturated carbocycles. The van der Waals surface area contributed by atoms with Crippen LogP contribution in [0.5, 0.6) is 5.75 Å². The smallest absolute Gasteiger partial charge is 0.325 e. The van der Waals surface area contributed by atoms with Crippen molar-refractivity contribution in [2.45, 2.75) is 50.7 Å². The Hall–Kier alpha value is -2.34. The van der Waals surface area contributed by atoms with Crippen LogP contribution in [0.15, 0.2) is 36.9 Å². The zero-order valence-electron chi connectivity index (χ0n) is 15.8. The molecule has 2 aliphatic rings. The molecule has 1 aromatic rings. The van der Waals surface area contributed by atoms with Gasteiger partial charge >= 0.3 is 6.03 Å². The van der Waals surface area contributed by atoms with Crippen molar-refractivity contribution in [2.75, 3.05) is 13.2 Å². The first kappa shape index (κ1) is 19.4. The van der Waals surface area contributed by atoms with Gasteiger partial charge in [0.1, 0.15) is 24.0 Å². The van der Waals surface area contributed by atoms with Crippen LogP contribution in [-0.4, -0.2) is 46.7 Å². The van der Waals surface area contributed by atoms with Gasteiger partial charge in [-0.25, -0.2) is 4.79 Å². The van der Waals surface area contributed by atoms with Crippen LogP contribution in [0.25, 0.3) is 0 Å². The largest absolute Gasteiger partial charge is 0.491 e. The number of carbonyl (C=O) groups excluding carboxylic acids is 2. The number of carbonyl (C=O) groups is 2. The summed E-state index contributed by atoms with van der Waals surface area (Å²) in [6, 6.07) is 7.13. The van der Waals surface area contributed by atoms with Gasteiger partial charge in [0.2, 0.25) is 0 Å². The summed E-state index contributed by atoms with van der Waals surface area (Å²) in [7, 11) is 0. The van der Waals surface area contributed by atoms with Crippen LogP contribution in [0.2, 0.25) is 0 Å². The highest BCUT2D eigenvalue weighted by Crippen LogP contribution is 2.36. The molecule has 146 valence electrons. The monoisotopic (exact) mass is 372 g/mol. The van der Waals surface area contributed by atoms with E-state index in [4.69, 9.17) is 4.74 Å². The van der Waals surface area contributed by atoms with E-state index >= 15 is 0 Å². The van der Waals surface area contributed by atoms with E-state index in [1.165, 1.54) is 0 Å². The van der Waals surface area contributed by atoms with Crippen molar-refractivity contribution in [3.63, 3.8) is 0 Å². The molecule has 1 aliphatic heterocycles. The highest BCUT2D eigenvalue weighted by Gasteiger charge is 2.52. The average Bonchev–Trinajstić information content (AvgIpc) is 2.88. The maximum atomic E-state index is 12.8. The molecule has 0 bridgehead atoms. The number of hydrogen-bond acceptors (Lipinski definition) is 4. The van der Waals surface area contributed by atoms with Crippen LogP contribution >= 0.6 is 0 Å². The number of aliphatic hydroxyl groups excluding tert-OH is 1. The lowest BCUT2D eigenvalue weighted by atomic mass is 9.77. The predicted octanol–water partition coefficient (Wildman–Crippen LogP) is 2.66. The molecule has 6 nitrogen and oxygen atoms in total. The molecule has 2 N–H and O–H groups in total. The number of hydrogen-bond donors (Lipinski definition) is 2. The molecule has 2 fully saturated rings. The van der Waals surface area contributed by atoms with E-state index in [0.29, 0.717) is 30.9 Å². The van der Waals surface area contributed by atoms with Crippen molar-refractivity contribution in [1.82, 2.24) is 10.2 Å².